The van der Waals surface area contributed by atoms with E-state index in [0.717, 1.165) is 17.2 Å². The number of aromatic nitrogens is 8. The quantitative estimate of drug-likeness (QED) is 0.146. The second-order valence-corrected chi connectivity index (χ2v) is 15.8. The Morgan fingerprint density at radius 2 is 1.47 bits per heavy atom. The van der Waals surface area contributed by atoms with Crippen LogP contribution in [0.4, 0.5) is 20.5 Å². The van der Waals surface area contributed by atoms with Gasteiger partial charge in [-0.3, -0.25) is 37.0 Å². The summed E-state index contributed by atoms with van der Waals surface area (Å²) in [5.74, 6) is -0.234. The highest BCUT2D eigenvalue weighted by atomic mass is 32.7. The van der Waals surface area contributed by atoms with E-state index in [1.54, 1.807) is 0 Å². The molecule has 0 unspecified atom stereocenters. The molecule has 242 valence electrons. The zero-order valence-corrected chi connectivity index (χ0v) is 25.8. The molecule has 45 heavy (non-hydrogen) atoms. The highest BCUT2D eigenvalue weighted by molar-refractivity contribution is 8.44. The van der Waals surface area contributed by atoms with Gasteiger partial charge in [0.2, 0.25) is 5.95 Å². The molecule has 4 aromatic heterocycles. The minimum atomic E-state index is -4.50. The molecule has 0 radical (unpaired) electrons. The van der Waals surface area contributed by atoms with Gasteiger partial charge >= 0.3 is 13.6 Å². The van der Waals surface area contributed by atoms with Crippen molar-refractivity contribution in [2.24, 2.45) is 0 Å². The molecular weight excluding hydrogens is 688 g/mol. The minimum Gasteiger partial charge on any atom is -0.382 e. The first kappa shape index (κ1) is 30.9. The van der Waals surface area contributed by atoms with Gasteiger partial charge in [-0.1, -0.05) is 24.5 Å². The molecule has 3 fully saturated rings. The summed E-state index contributed by atoms with van der Waals surface area (Å²) in [6, 6.07) is 0. The number of nitrogens with two attached hydrogens (primary N) is 2. The number of alkyl halides is 2. The largest absolute Gasteiger partial charge is 0.386 e. The number of nitrogens with one attached hydrogen (secondary N) is 1. The van der Waals surface area contributed by atoms with Crippen LogP contribution < -0.4 is 17.0 Å². The summed E-state index contributed by atoms with van der Waals surface area (Å²) in [6.45, 7) is -10.4. The zero-order chi connectivity index (χ0) is 31.8. The number of nitrogens with zero attached hydrogens (tertiary/aromatic N) is 7. The topological polar surface area (TPSA) is 249 Å². The van der Waals surface area contributed by atoms with Gasteiger partial charge in [0.05, 0.1) is 25.9 Å². The fraction of sp³-hybridized carbons (Fsp3) is 0.500. The smallest absolute Gasteiger partial charge is 0.382 e. The van der Waals surface area contributed by atoms with Crippen molar-refractivity contribution in [3.05, 3.63) is 29.3 Å². The highest BCUT2D eigenvalue weighted by Gasteiger charge is 2.54. The fourth-order valence-corrected chi connectivity index (χ4v) is 8.17. The van der Waals surface area contributed by atoms with Crippen molar-refractivity contribution in [2.45, 2.75) is 49.2 Å². The number of H-pyrrole nitrogens is 1. The first-order valence-electron chi connectivity index (χ1n) is 12.9. The van der Waals surface area contributed by atoms with Crippen LogP contribution in [0.1, 0.15) is 12.5 Å². The average Bonchev–Trinajstić information content (AvgIpc) is 3.72. The number of anilines is 2. The van der Waals surface area contributed by atoms with E-state index in [9.17, 15) is 13.9 Å². The molecule has 4 aromatic rings. The molecule has 0 amide bonds. The third kappa shape index (κ3) is 5.53. The Kier molecular flexibility index (Phi) is 7.70. The van der Waals surface area contributed by atoms with Crippen molar-refractivity contribution in [1.29, 1.82) is 0 Å². The number of hydrogen-bond acceptors (Lipinski definition) is 16. The summed E-state index contributed by atoms with van der Waals surface area (Å²) >= 11 is 7.94. The Morgan fingerprint density at radius 1 is 0.844 bits per heavy atom. The normalized spacial score (nSPS) is 37.7. The summed E-state index contributed by atoms with van der Waals surface area (Å²) in [6.07, 6.45) is -10.0. The SMILES string of the molecule is Nc1nc2c(ncn2[C@@H]2O[C@@H]3CO[P@@](=O)(S)O[C@H]4[C@H](F)[C@H](n5cnc6c(N)ncnc65)O[C@@H]4CO[P@](=O)(S)O[C@@H]2[C@@H]3F)c(=O)[nH]1. The van der Waals surface area contributed by atoms with Crippen molar-refractivity contribution in [3.8, 4) is 0 Å². The number of ether oxygens (including phenoxy) is 2. The van der Waals surface area contributed by atoms with Gasteiger partial charge in [0.15, 0.2) is 47.4 Å². The summed E-state index contributed by atoms with van der Waals surface area (Å²) in [4.78, 5) is 34.6. The summed E-state index contributed by atoms with van der Waals surface area (Å²) in [5.41, 5.74) is 10.8. The van der Waals surface area contributed by atoms with Gasteiger partial charge in [0.25, 0.3) is 5.56 Å². The van der Waals surface area contributed by atoms with E-state index >= 15 is 8.78 Å². The van der Waals surface area contributed by atoms with Gasteiger partial charge in [-0.2, -0.15) is 4.98 Å². The number of rotatable bonds is 2. The van der Waals surface area contributed by atoms with Crippen LogP contribution in [0.3, 0.4) is 0 Å². The van der Waals surface area contributed by atoms with Crippen molar-refractivity contribution in [1.82, 2.24) is 39.0 Å². The first-order chi connectivity index (χ1) is 21.3. The first-order valence-corrected chi connectivity index (χ1v) is 18.3. The number of thiol groups is 2. The molecule has 0 saturated carbocycles. The zero-order valence-electron chi connectivity index (χ0n) is 22.3. The number of fused-ring (bicyclic) bond motifs is 5. The number of aromatic amines is 1. The second-order valence-electron chi connectivity index (χ2n) is 10.0. The van der Waals surface area contributed by atoms with Crippen LogP contribution in [-0.2, 0) is 36.7 Å². The molecule has 0 spiro atoms. The van der Waals surface area contributed by atoms with Crippen LogP contribution in [0.15, 0.2) is 23.8 Å². The molecule has 7 heterocycles. The van der Waals surface area contributed by atoms with Gasteiger partial charge in [0, 0.05) is 0 Å². The van der Waals surface area contributed by atoms with Gasteiger partial charge in [-0.25, -0.2) is 37.8 Å². The van der Waals surface area contributed by atoms with Gasteiger partial charge in [0.1, 0.15) is 36.3 Å². The number of halogens is 2. The Hall–Kier alpha value is -2.72. The molecule has 7 rings (SSSR count). The van der Waals surface area contributed by atoms with E-state index in [1.807, 2.05) is 0 Å². The van der Waals surface area contributed by atoms with Crippen LogP contribution in [0.5, 0.6) is 0 Å². The standard InChI is InChI=1S/C20H22F2N10O9P2S2/c21-8-6-1-36-42(34,44)40-12-7(39-18(9(12)22)31-4-27-10-14(23)25-3-26-15(10)31)2-37-43(35,45)41-13(8)19(38-6)32-5-28-11-16(32)29-20(24)30-17(11)33/h3-9,12-13,18-19H,1-2H2,(H,34,44)(H,35,45)(H2,23,25,26)(H3,24,29,30,33)/t6-,7-,8-,9+,12-,13-,18-,19-,42-,43+/m1/s1. The molecule has 3 saturated heterocycles. The third-order valence-corrected chi connectivity index (χ3v) is 10.5. The summed E-state index contributed by atoms with van der Waals surface area (Å²) in [7, 11) is 0. The fourth-order valence-electron chi connectivity index (χ4n) is 5.23. The molecule has 0 aliphatic carbocycles. The lowest BCUT2D eigenvalue weighted by molar-refractivity contribution is -0.0563. The van der Waals surface area contributed by atoms with Crippen molar-refractivity contribution >= 4 is 72.2 Å². The summed E-state index contributed by atoms with van der Waals surface area (Å²) < 4.78 is 94.2. The second kappa shape index (κ2) is 11.2. The lowest BCUT2D eigenvalue weighted by Gasteiger charge is -2.26. The lowest BCUT2D eigenvalue weighted by atomic mass is 10.1. The Morgan fingerprint density at radius 3 is 2.20 bits per heavy atom. The van der Waals surface area contributed by atoms with Crippen LogP contribution >= 0.6 is 38.1 Å². The molecule has 19 nitrogen and oxygen atoms in total. The maximum atomic E-state index is 16.0. The highest BCUT2D eigenvalue weighted by Crippen LogP contribution is 2.60. The van der Waals surface area contributed by atoms with Gasteiger partial charge < -0.3 is 20.9 Å². The van der Waals surface area contributed by atoms with E-state index in [-0.39, 0.29) is 34.1 Å². The maximum absolute atomic E-state index is 16.0. The molecule has 5 N–H and O–H groups in total. The monoisotopic (exact) mass is 710 g/mol. The van der Waals surface area contributed by atoms with E-state index in [2.05, 4.69) is 54.4 Å². The molecule has 0 aromatic carbocycles. The maximum Gasteiger partial charge on any atom is 0.386 e. The molecule has 10 atom stereocenters. The Balaban J connectivity index is 1.21. The average molecular weight is 711 g/mol. The van der Waals surface area contributed by atoms with Crippen LogP contribution in [-0.4, -0.2) is 89.0 Å². The Bertz CT molecular complexity index is 1950. The predicted molar refractivity (Wildman–Crippen MR) is 155 cm³/mol. The molecule has 3 aliphatic heterocycles. The van der Waals surface area contributed by atoms with E-state index in [0.29, 0.717) is 0 Å². The molecular formula is C20H22F2N10O9P2S2. The lowest BCUT2D eigenvalue weighted by Crippen LogP contribution is -2.33. The number of nitrogen functional groups attached to an aromatic ring is 2. The van der Waals surface area contributed by atoms with Gasteiger partial charge in [-0.05, 0) is 0 Å². The van der Waals surface area contributed by atoms with Crippen molar-refractivity contribution in [3.63, 3.8) is 0 Å². The van der Waals surface area contributed by atoms with Crippen LogP contribution in [0.25, 0.3) is 22.3 Å². The number of imidazole rings is 2. The predicted octanol–water partition coefficient (Wildman–Crippen LogP) is 1.49. The minimum absolute atomic E-state index is 0.0341. The molecule has 2 bridgehead atoms. The third-order valence-electron chi connectivity index (χ3n) is 7.23. The molecule has 3 aliphatic rings. The van der Waals surface area contributed by atoms with Gasteiger partial charge in [-0.15, -0.1) is 0 Å². The van der Waals surface area contributed by atoms with Crippen LogP contribution in [0.2, 0.25) is 0 Å². The Labute approximate surface area is 259 Å². The molecule has 25 heteroatoms. The van der Waals surface area contributed by atoms with E-state index in [1.165, 1.54) is 10.9 Å². The summed E-state index contributed by atoms with van der Waals surface area (Å²) in [5, 5.41) is 0. The van der Waals surface area contributed by atoms with Crippen LogP contribution in [0, 0.1) is 0 Å². The van der Waals surface area contributed by atoms with E-state index < -0.39 is 81.6 Å². The van der Waals surface area contributed by atoms with Crippen molar-refractivity contribution in [2.75, 3.05) is 24.7 Å². The number of hydrogen-bond donors (Lipinski definition) is 5. The van der Waals surface area contributed by atoms with Crippen molar-refractivity contribution < 1.29 is 45.5 Å². The van der Waals surface area contributed by atoms with E-state index in [4.69, 9.17) is 39.0 Å².